The maximum Gasteiger partial charge on any atom is 0.335 e. The van der Waals surface area contributed by atoms with Crippen molar-refractivity contribution >= 4 is 11.9 Å². The molecule has 0 spiro atoms. The number of rotatable bonds is 7. The van der Waals surface area contributed by atoms with Gasteiger partial charge < -0.3 is 15.2 Å². The monoisotopic (exact) mass is 469 g/mol. The number of aromatic nitrogens is 2. The van der Waals surface area contributed by atoms with Crippen LogP contribution in [0.2, 0.25) is 0 Å². The minimum atomic E-state index is -3.19. The smallest absolute Gasteiger partial charge is 0.335 e. The van der Waals surface area contributed by atoms with Gasteiger partial charge in [0.05, 0.1) is 11.6 Å². The highest BCUT2D eigenvalue weighted by molar-refractivity contribution is 5.98. The molecule has 0 saturated heterocycles. The lowest BCUT2D eigenvalue weighted by atomic mass is 10.1. The molecule has 2 N–H and O–H groups in total. The number of amides is 1. The molecule has 2 aromatic carbocycles. The van der Waals surface area contributed by atoms with Crippen LogP contribution in [0, 0.1) is 17.5 Å². The molecule has 3 aromatic rings. The molecule has 3 rings (SSSR count). The predicted octanol–water partition coefficient (Wildman–Crippen LogP) is 4.76. The predicted molar refractivity (Wildman–Crippen MR) is 104 cm³/mol. The van der Waals surface area contributed by atoms with Crippen molar-refractivity contribution < 1.29 is 41.4 Å². The molecule has 174 valence electrons. The van der Waals surface area contributed by atoms with Gasteiger partial charge in [0.15, 0.2) is 17.5 Å². The van der Waals surface area contributed by atoms with E-state index in [0.29, 0.717) is 17.7 Å². The molecule has 0 fully saturated rings. The molecule has 1 aromatic heterocycles. The first-order valence-electron chi connectivity index (χ1n) is 9.31. The highest BCUT2D eigenvalue weighted by atomic mass is 19.3. The molecular weight excluding hydrogens is 453 g/mol. The van der Waals surface area contributed by atoms with Gasteiger partial charge in [-0.05, 0) is 24.6 Å². The second-order valence-electron chi connectivity index (χ2n) is 6.91. The number of aryl methyl sites for hydroxylation is 1. The zero-order chi connectivity index (χ0) is 24.4. The Bertz CT molecular complexity index is 1190. The van der Waals surface area contributed by atoms with E-state index in [0.717, 1.165) is 4.68 Å². The van der Waals surface area contributed by atoms with Gasteiger partial charge >= 0.3 is 5.97 Å². The molecule has 1 atom stereocenters. The van der Waals surface area contributed by atoms with Crippen LogP contribution < -0.4 is 10.1 Å². The first-order chi connectivity index (χ1) is 15.5. The third-order valence-electron chi connectivity index (χ3n) is 4.63. The zero-order valence-corrected chi connectivity index (χ0v) is 17.1. The minimum absolute atomic E-state index is 0.0129. The number of nitrogens with one attached hydrogen (secondary N) is 1. The maximum atomic E-state index is 13.5. The first kappa shape index (κ1) is 23.7. The van der Waals surface area contributed by atoms with Crippen LogP contribution in [0.5, 0.6) is 11.6 Å². The lowest BCUT2D eigenvalue weighted by molar-refractivity contribution is 0.0696. The molecule has 0 aliphatic rings. The largest absolute Gasteiger partial charge is 0.478 e. The van der Waals surface area contributed by atoms with Crippen LogP contribution in [0.25, 0.3) is 0 Å². The lowest BCUT2D eigenvalue weighted by Crippen LogP contribution is -2.27. The van der Waals surface area contributed by atoms with Crippen LogP contribution in [0.15, 0.2) is 36.4 Å². The fourth-order valence-electron chi connectivity index (χ4n) is 2.98. The van der Waals surface area contributed by atoms with Crippen molar-refractivity contribution in [1.82, 2.24) is 15.1 Å². The molecule has 1 amide bonds. The SMILES string of the molecule is C[C@H](NC(=O)c1c(C(F)F)nn(C)c1Oc1cc(F)c(F)c(F)c1)c1ccc(C(=O)O)cc1. The number of carboxylic acid groups (broad SMARTS) is 1. The summed E-state index contributed by atoms with van der Waals surface area (Å²) in [6, 6.07) is 5.71. The first-order valence-corrected chi connectivity index (χ1v) is 9.31. The molecule has 1 heterocycles. The van der Waals surface area contributed by atoms with E-state index in [9.17, 15) is 31.5 Å². The van der Waals surface area contributed by atoms with Gasteiger partial charge in [0, 0.05) is 19.2 Å². The summed E-state index contributed by atoms with van der Waals surface area (Å²) < 4.78 is 73.3. The molecule has 0 aliphatic carbocycles. The molecule has 0 unspecified atom stereocenters. The normalized spacial score (nSPS) is 12.0. The van der Waals surface area contributed by atoms with E-state index in [2.05, 4.69) is 10.4 Å². The van der Waals surface area contributed by atoms with Crippen molar-refractivity contribution in [3.63, 3.8) is 0 Å². The van der Waals surface area contributed by atoms with Crippen LogP contribution in [-0.2, 0) is 7.05 Å². The number of carbonyl (C=O) groups is 2. The molecular formula is C21H16F5N3O4. The summed E-state index contributed by atoms with van der Waals surface area (Å²) in [6.07, 6.45) is -3.19. The number of carboxylic acids is 1. The van der Waals surface area contributed by atoms with E-state index in [1.54, 1.807) is 0 Å². The molecule has 0 saturated carbocycles. The molecule has 0 radical (unpaired) electrons. The van der Waals surface area contributed by atoms with Gasteiger partial charge in [-0.25, -0.2) is 31.4 Å². The van der Waals surface area contributed by atoms with Crippen LogP contribution in [0.4, 0.5) is 22.0 Å². The van der Waals surface area contributed by atoms with Gasteiger partial charge in [-0.15, -0.1) is 0 Å². The van der Waals surface area contributed by atoms with Gasteiger partial charge in [-0.3, -0.25) is 4.79 Å². The molecule has 7 nitrogen and oxygen atoms in total. The number of alkyl halides is 2. The van der Waals surface area contributed by atoms with Crippen molar-refractivity contribution in [1.29, 1.82) is 0 Å². The summed E-state index contributed by atoms with van der Waals surface area (Å²) in [6.45, 7) is 1.53. The van der Waals surface area contributed by atoms with Gasteiger partial charge in [0.25, 0.3) is 12.3 Å². The Kier molecular flexibility index (Phi) is 6.65. The van der Waals surface area contributed by atoms with Gasteiger partial charge in [0.2, 0.25) is 5.88 Å². The Morgan fingerprint density at radius 3 is 2.18 bits per heavy atom. The van der Waals surface area contributed by atoms with E-state index in [-0.39, 0.29) is 5.56 Å². The number of halogens is 5. The van der Waals surface area contributed by atoms with Crippen molar-refractivity contribution in [3.05, 3.63) is 76.2 Å². The third kappa shape index (κ3) is 4.94. The molecule has 0 aliphatic heterocycles. The molecule has 0 bridgehead atoms. The van der Waals surface area contributed by atoms with Crippen molar-refractivity contribution in [2.45, 2.75) is 19.4 Å². The second kappa shape index (κ2) is 9.27. The number of aromatic carboxylic acids is 1. The fourth-order valence-corrected chi connectivity index (χ4v) is 2.98. The Morgan fingerprint density at radius 2 is 1.67 bits per heavy atom. The van der Waals surface area contributed by atoms with E-state index in [4.69, 9.17) is 9.84 Å². The van der Waals surface area contributed by atoms with Gasteiger partial charge in [-0.1, -0.05) is 12.1 Å². The van der Waals surface area contributed by atoms with Crippen LogP contribution in [0.3, 0.4) is 0 Å². The van der Waals surface area contributed by atoms with Crippen molar-refractivity contribution in [3.8, 4) is 11.6 Å². The highest BCUT2D eigenvalue weighted by Crippen LogP contribution is 2.33. The molecule has 12 heteroatoms. The van der Waals surface area contributed by atoms with E-state index < -0.39 is 64.7 Å². The number of carbonyl (C=O) groups excluding carboxylic acids is 1. The number of ether oxygens (including phenoxy) is 1. The Hall–Kier alpha value is -3.96. The van der Waals surface area contributed by atoms with E-state index >= 15 is 0 Å². The lowest BCUT2D eigenvalue weighted by Gasteiger charge is -2.16. The quantitative estimate of drug-likeness (QED) is 0.385. The van der Waals surface area contributed by atoms with Gasteiger partial charge in [0.1, 0.15) is 17.0 Å². The fraction of sp³-hybridized carbons (Fsp3) is 0.190. The Balaban J connectivity index is 1.94. The maximum absolute atomic E-state index is 13.5. The third-order valence-corrected chi connectivity index (χ3v) is 4.63. The zero-order valence-electron chi connectivity index (χ0n) is 17.1. The average molecular weight is 469 g/mol. The van der Waals surface area contributed by atoms with Crippen LogP contribution in [-0.4, -0.2) is 26.8 Å². The number of nitrogens with zero attached hydrogens (tertiary/aromatic N) is 2. The number of hydrogen-bond donors (Lipinski definition) is 2. The average Bonchev–Trinajstić information content (AvgIpc) is 3.08. The summed E-state index contributed by atoms with van der Waals surface area (Å²) in [7, 11) is 1.17. The highest BCUT2D eigenvalue weighted by Gasteiger charge is 2.31. The van der Waals surface area contributed by atoms with E-state index in [1.807, 2.05) is 0 Å². The van der Waals surface area contributed by atoms with Crippen molar-refractivity contribution in [2.75, 3.05) is 0 Å². The molecule has 33 heavy (non-hydrogen) atoms. The Morgan fingerprint density at radius 1 is 1.09 bits per heavy atom. The van der Waals surface area contributed by atoms with Crippen LogP contribution in [0.1, 0.15) is 51.4 Å². The summed E-state index contributed by atoms with van der Waals surface area (Å²) in [5, 5.41) is 15.0. The minimum Gasteiger partial charge on any atom is -0.478 e. The summed E-state index contributed by atoms with van der Waals surface area (Å²) in [4.78, 5) is 23.8. The topological polar surface area (TPSA) is 93.5 Å². The summed E-state index contributed by atoms with van der Waals surface area (Å²) >= 11 is 0. The van der Waals surface area contributed by atoms with Gasteiger partial charge in [-0.2, -0.15) is 5.10 Å². The number of benzene rings is 2. The van der Waals surface area contributed by atoms with E-state index in [1.165, 1.54) is 38.2 Å². The summed E-state index contributed by atoms with van der Waals surface area (Å²) in [5.41, 5.74) is -1.15. The summed E-state index contributed by atoms with van der Waals surface area (Å²) in [5.74, 6) is -8.22. The Labute approximate surface area is 183 Å². The second-order valence-corrected chi connectivity index (χ2v) is 6.91. The standard InChI is InChI=1S/C21H16F5N3O4/c1-9(10-3-5-11(6-4-10)21(31)32)27-19(30)15-17(18(25)26)28-29(2)20(15)33-12-7-13(22)16(24)14(23)8-12/h3-9,18H,1-2H3,(H,27,30)(H,31,32)/t9-/m0/s1. The van der Waals surface area contributed by atoms with Crippen molar-refractivity contribution in [2.24, 2.45) is 7.05 Å². The number of hydrogen-bond acceptors (Lipinski definition) is 4. The van der Waals surface area contributed by atoms with Crippen LogP contribution >= 0.6 is 0 Å².